The topological polar surface area (TPSA) is 202 Å². The number of aliphatic hydroxyl groups is 3. The van der Waals surface area contributed by atoms with Crippen LogP contribution >= 0.6 is 0 Å². The molecule has 0 amide bonds. The van der Waals surface area contributed by atoms with E-state index in [1.54, 1.807) is 12.1 Å². The van der Waals surface area contributed by atoms with Crippen LogP contribution in [0.1, 0.15) is 12.0 Å². The number of hydrogen-bond donors (Lipinski definition) is 5. The Balaban J connectivity index is 1.42. The van der Waals surface area contributed by atoms with Crippen molar-refractivity contribution in [2.24, 2.45) is 0 Å². The number of aromatic hydroxyl groups is 1. The number of benzene rings is 3. The molecule has 0 spiro atoms. The number of ether oxygens (including phenoxy) is 4. The zero-order chi connectivity index (χ0) is 32.8. The lowest BCUT2D eigenvalue weighted by Crippen LogP contribution is -2.70. The molecule has 4 aromatic rings. The van der Waals surface area contributed by atoms with E-state index in [1.807, 2.05) is 30.3 Å². The van der Waals surface area contributed by atoms with E-state index in [-0.39, 0.29) is 40.1 Å². The minimum atomic E-state index is -2.37. The Hall–Kier alpha value is -4.79. The van der Waals surface area contributed by atoms with E-state index in [0.29, 0.717) is 12.0 Å². The molecule has 13 nitrogen and oxygen atoms in total. The average molecular weight is 637 g/mol. The highest BCUT2D eigenvalue weighted by Gasteiger charge is 2.57. The molecular formula is C33H32O13. The average Bonchev–Trinajstić information content (AvgIpc) is 3.04. The summed E-state index contributed by atoms with van der Waals surface area (Å²) in [5, 5.41) is 51.4. The Labute approximate surface area is 261 Å². The standard InChI is InChI=1S/C33H32O13/c34-18-33(41)30(40)26(17-44-28(38)15-27(36)37)46-32(31(33)42-13-12-19-4-2-1-3-5-19)45-22-10-11-23-25(14-22)43-16-24(29(23)39)20-6-8-21(35)9-7-20/h1-11,14,16,26,30-32,34-35,40-41H,12-13,15,17-18H2,(H,36,37)/t26-,30-,31+,32-,33+/m0/s1. The summed E-state index contributed by atoms with van der Waals surface area (Å²) in [5.41, 5.74) is -0.826. The molecule has 0 radical (unpaired) electrons. The third-order valence-electron chi connectivity index (χ3n) is 7.58. The van der Waals surface area contributed by atoms with Crippen LogP contribution in [-0.2, 0) is 30.2 Å². The lowest BCUT2D eigenvalue weighted by molar-refractivity contribution is -0.329. The van der Waals surface area contributed by atoms with Crippen LogP contribution in [0, 0.1) is 0 Å². The molecule has 242 valence electrons. The van der Waals surface area contributed by atoms with Crippen molar-refractivity contribution in [1.82, 2.24) is 0 Å². The summed E-state index contributed by atoms with van der Waals surface area (Å²) in [7, 11) is 0. The van der Waals surface area contributed by atoms with E-state index in [4.69, 9.17) is 28.5 Å². The third-order valence-corrected chi connectivity index (χ3v) is 7.58. The Bertz CT molecular complexity index is 1720. The highest BCUT2D eigenvalue weighted by atomic mass is 16.7. The molecule has 0 aliphatic carbocycles. The molecule has 0 unspecified atom stereocenters. The van der Waals surface area contributed by atoms with Crippen LogP contribution in [0.3, 0.4) is 0 Å². The smallest absolute Gasteiger partial charge is 0.317 e. The van der Waals surface area contributed by atoms with E-state index < -0.39 is 61.8 Å². The molecule has 13 heteroatoms. The molecule has 0 bridgehead atoms. The van der Waals surface area contributed by atoms with E-state index in [2.05, 4.69) is 0 Å². The van der Waals surface area contributed by atoms with Crippen LogP contribution in [0.4, 0.5) is 0 Å². The molecule has 0 saturated carbocycles. The lowest BCUT2D eigenvalue weighted by atomic mass is 9.84. The summed E-state index contributed by atoms with van der Waals surface area (Å²) in [6, 6.07) is 19.7. The largest absolute Gasteiger partial charge is 0.508 e. The number of esters is 1. The normalized spacial score (nSPS) is 22.8. The van der Waals surface area contributed by atoms with Crippen LogP contribution in [-0.4, -0.2) is 87.5 Å². The summed E-state index contributed by atoms with van der Waals surface area (Å²) in [6.45, 7) is -1.64. The molecule has 1 fully saturated rings. The minimum absolute atomic E-state index is 0.0256. The summed E-state index contributed by atoms with van der Waals surface area (Å²) >= 11 is 0. The van der Waals surface area contributed by atoms with Gasteiger partial charge >= 0.3 is 11.9 Å². The van der Waals surface area contributed by atoms with E-state index in [1.165, 1.54) is 36.6 Å². The Morgan fingerprint density at radius 3 is 2.43 bits per heavy atom. The molecule has 5 atom stereocenters. The van der Waals surface area contributed by atoms with E-state index in [0.717, 1.165) is 5.56 Å². The van der Waals surface area contributed by atoms with Crippen molar-refractivity contribution in [2.45, 2.75) is 43.0 Å². The van der Waals surface area contributed by atoms with Crippen LogP contribution < -0.4 is 10.2 Å². The Kier molecular flexibility index (Phi) is 9.99. The van der Waals surface area contributed by atoms with E-state index >= 15 is 0 Å². The summed E-state index contributed by atoms with van der Waals surface area (Å²) in [4.78, 5) is 36.0. The summed E-state index contributed by atoms with van der Waals surface area (Å²) in [5.74, 6) is -2.38. The van der Waals surface area contributed by atoms with Gasteiger partial charge in [0.2, 0.25) is 6.29 Å². The molecule has 5 N–H and O–H groups in total. The zero-order valence-electron chi connectivity index (χ0n) is 24.4. The van der Waals surface area contributed by atoms with Crippen molar-refractivity contribution in [1.29, 1.82) is 0 Å². The van der Waals surface area contributed by atoms with Gasteiger partial charge in [-0.3, -0.25) is 14.4 Å². The molecule has 2 heterocycles. The molecule has 3 aromatic carbocycles. The quantitative estimate of drug-likeness (QED) is 0.112. The molecule has 1 saturated heterocycles. The highest BCUT2D eigenvalue weighted by molar-refractivity contribution is 5.90. The first kappa shape index (κ1) is 32.6. The van der Waals surface area contributed by atoms with Crippen molar-refractivity contribution in [3.8, 4) is 22.6 Å². The minimum Gasteiger partial charge on any atom is -0.508 e. The number of aliphatic hydroxyl groups excluding tert-OH is 2. The second-order valence-electron chi connectivity index (χ2n) is 10.7. The van der Waals surface area contributed by atoms with Crippen molar-refractivity contribution >= 4 is 22.9 Å². The molecule has 5 rings (SSSR count). The van der Waals surface area contributed by atoms with E-state index in [9.17, 15) is 34.8 Å². The number of carbonyl (C=O) groups excluding carboxylic acids is 1. The van der Waals surface area contributed by atoms with Gasteiger partial charge in [0.05, 0.1) is 24.2 Å². The summed E-state index contributed by atoms with van der Waals surface area (Å²) < 4.78 is 28.6. The van der Waals surface area contributed by atoms with Crippen LogP contribution in [0.15, 0.2) is 88.3 Å². The van der Waals surface area contributed by atoms with Crippen LogP contribution in [0.5, 0.6) is 11.5 Å². The van der Waals surface area contributed by atoms with Gasteiger partial charge in [0.15, 0.2) is 11.5 Å². The number of fused-ring (bicyclic) bond motifs is 1. The number of rotatable bonds is 12. The maximum Gasteiger partial charge on any atom is 0.317 e. The second kappa shape index (κ2) is 14.1. The van der Waals surface area contributed by atoms with Crippen molar-refractivity contribution in [3.05, 3.63) is 94.8 Å². The van der Waals surface area contributed by atoms with Gasteiger partial charge in [-0.25, -0.2) is 0 Å². The van der Waals surface area contributed by atoms with Crippen LogP contribution in [0.2, 0.25) is 0 Å². The number of carbonyl (C=O) groups is 2. The van der Waals surface area contributed by atoms with Gasteiger partial charge in [0.25, 0.3) is 0 Å². The Morgan fingerprint density at radius 2 is 1.74 bits per heavy atom. The van der Waals surface area contributed by atoms with Crippen molar-refractivity contribution in [3.63, 3.8) is 0 Å². The van der Waals surface area contributed by atoms with Gasteiger partial charge in [0.1, 0.15) is 54.2 Å². The van der Waals surface area contributed by atoms with Gasteiger partial charge in [0, 0.05) is 6.07 Å². The van der Waals surface area contributed by atoms with Crippen molar-refractivity contribution in [2.75, 3.05) is 19.8 Å². The number of carboxylic acids is 1. The predicted molar refractivity (Wildman–Crippen MR) is 160 cm³/mol. The number of phenolic OH excluding ortho intramolecular Hbond substituents is 1. The predicted octanol–water partition coefficient (Wildman–Crippen LogP) is 2.00. The number of aliphatic carboxylic acids is 1. The molecular weight excluding hydrogens is 604 g/mol. The van der Waals surface area contributed by atoms with Gasteiger partial charge < -0.3 is 48.9 Å². The first-order valence-electron chi connectivity index (χ1n) is 14.3. The van der Waals surface area contributed by atoms with Crippen molar-refractivity contribution < 1.29 is 58.5 Å². The molecule has 1 aliphatic rings. The number of carboxylic acid groups (broad SMARTS) is 1. The fourth-order valence-electron chi connectivity index (χ4n) is 5.12. The monoisotopic (exact) mass is 636 g/mol. The van der Waals surface area contributed by atoms with Crippen LogP contribution in [0.25, 0.3) is 22.1 Å². The second-order valence-corrected chi connectivity index (χ2v) is 10.7. The maximum atomic E-state index is 13.2. The fraction of sp³-hybridized carbons (Fsp3) is 0.303. The number of phenols is 1. The third kappa shape index (κ3) is 7.19. The first-order valence-corrected chi connectivity index (χ1v) is 14.3. The fourth-order valence-corrected chi connectivity index (χ4v) is 5.12. The highest BCUT2D eigenvalue weighted by Crippen LogP contribution is 2.35. The number of hydrogen-bond acceptors (Lipinski definition) is 12. The van der Waals surface area contributed by atoms with Gasteiger partial charge in [-0.1, -0.05) is 42.5 Å². The summed E-state index contributed by atoms with van der Waals surface area (Å²) in [6.07, 6.45) is -5.53. The van der Waals surface area contributed by atoms with Gasteiger partial charge in [-0.05, 0) is 41.8 Å². The SMILES string of the molecule is O=C(O)CC(=O)OC[C@@H]1O[C@H](Oc2ccc3c(=O)c(-c4ccc(O)cc4)coc3c2)[C@@H](OCCc2ccccc2)[C@@](O)(CO)[C@H]1O. The first-order chi connectivity index (χ1) is 22.1. The molecule has 1 aromatic heterocycles. The molecule has 46 heavy (non-hydrogen) atoms. The van der Waals surface area contributed by atoms with Gasteiger partial charge in [-0.2, -0.15) is 0 Å². The Morgan fingerprint density at radius 1 is 1.00 bits per heavy atom. The maximum absolute atomic E-state index is 13.2. The zero-order valence-corrected chi connectivity index (χ0v) is 24.4. The molecule has 1 aliphatic heterocycles. The lowest BCUT2D eigenvalue weighted by Gasteiger charge is -2.48. The van der Waals surface area contributed by atoms with Gasteiger partial charge in [-0.15, -0.1) is 0 Å².